The van der Waals surface area contributed by atoms with Gasteiger partial charge in [-0.05, 0) is 24.6 Å². The number of hydrogen-bond donors (Lipinski definition) is 2. The first-order valence-electron chi connectivity index (χ1n) is 4.19. The Morgan fingerprint density at radius 3 is 2.86 bits per heavy atom. The Kier molecular flexibility index (Phi) is 4.38. The molecular weight excluding hydrogens is 222 g/mol. The second kappa shape index (κ2) is 5.34. The van der Waals surface area contributed by atoms with Gasteiger partial charge < -0.3 is 10.8 Å². The molecule has 0 aliphatic rings. The topological polar surface area (TPSA) is 63.3 Å². The predicted molar refractivity (Wildman–Crippen MR) is 58.8 cm³/mol. The minimum absolute atomic E-state index is 0.0334. The molecular formula is C9H12ClNO2S. The summed E-state index contributed by atoms with van der Waals surface area (Å²) in [5.74, 6) is 0.402. The second-order valence-corrected chi connectivity index (χ2v) is 4.76. The average Bonchev–Trinajstić information content (AvgIpc) is 2.18. The van der Waals surface area contributed by atoms with Crippen LogP contribution in [0.2, 0.25) is 5.02 Å². The average molecular weight is 234 g/mol. The van der Waals surface area contributed by atoms with Crippen molar-refractivity contribution in [3.05, 3.63) is 23.2 Å². The lowest BCUT2D eigenvalue weighted by Gasteiger charge is -2.04. The third kappa shape index (κ3) is 2.97. The van der Waals surface area contributed by atoms with Crippen LogP contribution in [0.3, 0.4) is 0 Å². The summed E-state index contributed by atoms with van der Waals surface area (Å²) in [6.07, 6.45) is 0.498. The van der Waals surface area contributed by atoms with E-state index in [1.807, 2.05) is 0 Å². The molecule has 1 atom stereocenters. The van der Waals surface area contributed by atoms with Crippen molar-refractivity contribution in [2.75, 3.05) is 18.1 Å². The molecule has 0 aliphatic carbocycles. The molecule has 0 amide bonds. The fourth-order valence-electron chi connectivity index (χ4n) is 1.00. The second-order valence-electron chi connectivity index (χ2n) is 2.82. The molecule has 14 heavy (non-hydrogen) atoms. The fourth-order valence-corrected chi connectivity index (χ4v) is 2.54. The number of aliphatic hydroxyl groups is 1. The van der Waals surface area contributed by atoms with Gasteiger partial charge in [0.25, 0.3) is 0 Å². The first kappa shape index (κ1) is 11.5. The zero-order valence-corrected chi connectivity index (χ0v) is 9.14. The lowest BCUT2D eigenvalue weighted by atomic mass is 10.3. The molecule has 3 nitrogen and oxygen atoms in total. The van der Waals surface area contributed by atoms with Gasteiger partial charge in [0.2, 0.25) is 0 Å². The van der Waals surface area contributed by atoms with E-state index in [4.69, 9.17) is 22.4 Å². The first-order valence-corrected chi connectivity index (χ1v) is 5.89. The molecule has 0 aliphatic heterocycles. The Balaban J connectivity index is 2.83. The highest BCUT2D eigenvalue weighted by Crippen LogP contribution is 2.22. The van der Waals surface area contributed by atoms with E-state index in [0.717, 1.165) is 0 Å². The van der Waals surface area contributed by atoms with Crippen LogP contribution in [0.5, 0.6) is 0 Å². The molecule has 5 heteroatoms. The number of anilines is 1. The van der Waals surface area contributed by atoms with Crippen LogP contribution in [0.15, 0.2) is 23.1 Å². The van der Waals surface area contributed by atoms with Gasteiger partial charge in [-0.2, -0.15) is 0 Å². The number of aliphatic hydroxyl groups excluding tert-OH is 1. The van der Waals surface area contributed by atoms with Crippen molar-refractivity contribution in [1.82, 2.24) is 0 Å². The monoisotopic (exact) mass is 233 g/mol. The van der Waals surface area contributed by atoms with Crippen LogP contribution in [0.1, 0.15) is 6.42 Å². The van der Waals surface area contributed by atoms with Gasteiger partial charge >= 0.3 is 0 Å². The quantitative estimate of drug-likeness (QED) is 0.773. The van der Waals surface area contributed by atoms with E-state index in [2.05, 4.69) is 0 Å². The van der Waals surface area contributed by atoms with Crippen molar-refractivity contribution in [3.8, 4) is 0 Å². The van der Waals surface area contributed by atoms with Crippen LogP contribution in [0.25, 0.3) is 0 Å². The van der Waals surface area contributed by atoms with Gasteiger partial charge in [0.1, 0.15) is 0 Å². The number of nitrogens with two attached hydrogens (primary N) is 1. The molecule has 0 saturated heterocycles. The standard InChI is InChI=1S/C9H12ClNO2S/c10-8-3-2-7(11)6-9(8)14(13)5-1-4-12/h2-3,6,12H,1,4-5,11H2. The summed E-state index contributed by atoms with van der Waals surface area (Å²) in [6, 6.07) is 4.90. The van der Waals surface area contributed by atoms with Crippen LogP contribution >= 0.6 is 11.6 Å². The van der Waals surface area contributed by atoms with Crippen molar-refractivity contribution in [2.24, 2.45) is 0 Å². The molecule has 0 saturated carbocycles. The van der Waals surface area contributed by atoms with E-state index in [9.17, 15) is 4.21 Å². The minimum atomic E-state index is -1.18. The summed E-state index contributed by atoms with van der Waals surface area (Å²) >= 11 is 5.86. The summed E-state index contributed by atoms with van der Waals surface area (Å²) < 4.78 is 11.6. The molecule has 3 N–H and O–H groups in total. The molecule has 1 aromatic rings. The van der Waals surface area contributed by atoms with Gasteiger partial charge in [-0.1, -0.05) is 11.6 Å². The summed E-state index contributed by atoms with van der Waals surface area (Å²) in [7, 11) is -1.18. The van der Waals surface area contributed by atoms with Crippen LogP contribution in [-0.2, 0) is 10.8 Å². The van der Waals surface area contributed by atoms with E-state index in [-0.39, 0.29) is 6.61 Å². The third-order valence-corrected chi connectivity index (χ3v) is 3.62. The number of nitrogen functional groups attached to an aromatic ring is 1. The fraction of sp³-hybridized carbons (Fsp3) is 0.333. The molecule has 0 fully saturated rings. The van der Waals surface area contributed by atoms with Crippen molar-refractivity contribution in [1.29, 1.82) is 0 Å². The zero-order chi connectivity index (χ0) is 10.6. The molecule has 0 bridgehead atoms. The van der Waals surface area contributed by atoms with Crippen LogP contribution < -0.4 is 5.73 Å². The summed E-state index contributed by atoms with van der Waals surface area (Å²) in [4.78, 5) is 0.542. The highest BCUT2D eigenvalue weighted by Gasteiger charge is 2.08. The highest BCUT2D eigenvalue weighted by atomic mass is 35.5. The van der Waals surface area contributed by atoms with Gasteiger partial charge in [0.05, 0.1) is 20.7 Å². The lowest BCUT2D eigenvalue weighted by molar-refractivity contribution is 0.296. The van der Waals surface area contributed by atoms with E-state index in [1.54, 1.807) is 18.2 Å². The van der Waals surface area contributed by atoms with Gasteiger partial charge in [-0.25, -0.2) is 0 Å². The molecule has 0 spiro atoms. The first-order chi connectivity index (χ1) is 6.65. The lowest BCUT2D eigenvalue weighted by Crippen LogP contribution is -2.01. The summed E-state index contributed by atoms with van der Waals surface area (Å²) in [5.41, 5.74) is 6.09. The number of rotatable bonds is 4. The summed E-state index contributed by atoms with van der Waals surface area (Å²) in [6.45, 7) is 0.0334. The van der Waals surface area contributed by atoms with E-state index in [0.29, 0.717) is 27.8 Å². The van der Waals surface area contributed by atoms with Crippen molar-refractivity contribution in [3.63, 3.8) is 0 Å². The Hall–Kier alpha value is -0.580. The number of hydrogen-bond acceptors (Lipinski definition) is 3. The molecule has 0 heterocycles. The summed E-state index contributed by atoms with van der Waals surface area (Å²) in [5, 5.41) is 9.05. The van der Waals surface area contributed by atoms with Crippen LogP contribution in [-0.4, -0.2) is 21.7 Å². The molecule has 0 radical (unpaired) electrons. The van der Waals surface area contributed by atoms with Gasteiger partial charge in [0, 0.05) is 18.0 Å². The zero-order valence-electron chi connectivity index (χ0n) is 7.57. The Morgan fingerprint density at radius 1 is 1.50 bits per heavy atom. The van der Waals surface area contributed by atoms with Crippen molar-refractivity contribution in [2.45, 2.75) is 11.3 Å². The Bertz CT molecular complexity index is 344. The van der Waals surface area contributed by atoms with E-state index >= 15 is 0 Å². The Labute approximate surface area is 90.3 Å². The van der Waals surface area contributed by atoms with Gasteiger partial charge in [-0.3, -0.25) is 4.21 Å². The maximum Gasteiger partial charge on any atom is 0.0594 e. The molecule has 1 rings (SSSR count). The molecule has 1 unspecified atom stereocenters. The smallest absolute Gasteiger partial charge is 0.0594 e. The normalized spacial score (nSPS) is 12.7. The highest BCUT2D eigenvalue weighted by molar-refractivity contribution is 7.85. The number of benzene rings is 1. The molecule has 1 aromatic carbocycles. The maximum atomic E-state index is 11.6. The van der Waals surface area contributed by atoms with Crippen molar-refractivity contribution >= 4 is 28.1 Å². The van der Waals surface area contributed by atoms with Crippen LogP contribution in [0.4, 0.5) is 5.69 Å². The molecule has 0 aromatic heterocycles. The third-order valence-electron chi connectivity index (χ3n) is 1.69. The van der Waals surface area contributed by atoms with E-state index in [1.165, 1.54) is 0 Å². The predicted octanol–water partition coefficient (Wildman–Crippen LogP) is 1.41. The molecule has 78 valence electrons. The maximum absolute atomic E-state index is 11.6. The van der Waals surface area contributed by atoms with Gasteiger partial charge in [-0.15, -0.1) is 0 Å². The number of halogens is 1. The van der Waals surface area contributed by atoms with E-state index < -0.39 is 10.8 Å². The van der Waals surface area contributed by atoms with Crippen molar-refractivity contribution < 1.29 is 9.32 Å². The SMILES string of the molecule is Nc1ccc(Cl)c(S(=O)CCCO)c1. The van der Waals surface area contributed by atoms with Gasteiger partial charge in [0.15, 0.2) is 0 Å². The minimum Gasteiger partial charge on any atom is -0.399 e. The largest absolute Gasteiger partial charge is 0.399 e. The van der Waals surface area contributed by atoms with Crippen LogP contribution in [0, 0.1) is 0 Å². The Morgan fingerprint density at radius 2 is 2.21 bits per heavy atom.